The number of nitrogens with zero attached hydrogens (tertiary/aromatic N) is 1. The molecule has 0 radical (unpaired) electrons. The van der Waals surface area contributed by atoms with E-state index in [0.29, 0.717) is 40.3 Å². The molecule has 0 saturated carbocycles. The second-order valence-electron chi connectivity index (χ2n) is 7.88. The van der Waals surface area contributed by atoms with Gasteiger partial charge in [0.1, 0.15) is 5.82 Å². The third-order valence-electron chi connectivity index (χ3n) is 6.22. The number of methoxy groups -OCH3 is 2. The van der Waals surface area contributed by atoms with E-state index in [0.717, 1.165) is 30.8 Å². The van der Waals surface area contributed by atoms with E-state index in [1.807, 2.05) is 6.07 Å². The van der Waals surface area contributed by atoms with Crippen LogP contribution in [0.15, 0.2) is 30.3 Å². The van der Waals surface area contributed by atoms with Crippen LogP contribution in [0.1, 0.15) is 23.1 Å². The Hall–Kier alpha value is -2.86. The summed E-state index contributed by atoms with van der Waals surface area (Å²) >= 11 is 0. The van der Waals surface area contributed by atoms with Gasteiger partial charge in [0, 0.05) is 48.4 Å². The highest BCUT2D eigenvalue weighted by atomic mass is 19.1. The summed E-state index contributed by atoms with van der Waals surface area (Å²) in [4.78, 5) is 15.2. The molecule has 5 nitrogen and oxygen atoms in total. The van der Waals surface area contributed by atoms with E-state index in [9.17, 15) is 4.79 Å². The third kappa shape index (κ3) is 2.99. The molecule has 0 spiro atoms. The summed E-state index contributed by atoms with van der Waals surface area (Å²) in [5.74, 6) is 0.827. The molecule has 2 atom stereocenters. The molecule has 6 heteroatoms. The first kappa shape index (κ1) is 18.2. The van der Waals surface area contributed by atoms with Gasteiger partial charge in [0.25, 0.3) is 0 Å². The van der Waals surface area contributed by atoms with Gasteiger partial charge in [-0.1, -0.05) is 6.07 Å². The average molecular weight is 394 g/mol. The lowest BCUT2D eigenvalue weighted by Gasteiger charge is -2.30. The van der Waals surface area contributed by atoms with Gasteiger partial charge in [-0.05, 0) is 47.9 Å². The minimum absolute atomic E-state index is 0.0223. The molecule has 2 fully saturated rings. The highest BCUT2D eigenvalue weighted by Crippen LogP contribution is 2.37. The van der Waals surface area contributed by atoms with Gasteiger partial charge in [-0.2, -0.15) is 0 Å². The summed E-state index contributed by atoms with van der Waals surface area (Å²) in [6.45, 7) is 1.83. The number of anilines is 1. The van der Waals surface area contributed by atoms with Crippen molar-refractivity contribution in [3.8, 4) is 11.5 Å². The van der Waals surface area contributed by atoms with E-state index >= 15 is 4.39 Å². The Morgan fingerprint density at radius 3 is 2.66 bits per heavy atom. The van der Waals surface area contributed by atoms with Gasteiger partial charge < -0.3 is 19.7 Å². The van der Waals surface area contributed by atoms with E-state index in [-0.39, 0.29) is 18.0 Å². The fourth-order valence-electron chi connectivity index (χ4n) is 4.75. The third-order valence-corrected chi connectivity index (χ3v) is 6.22. The fourth-order valence-corrected chi connectivity index (χ4v) is 4.75. The normalized spacial score (nSPS) is 22.5. The number of hydrogen-bond donors (Lipinski definition) is 1. The van der Waals surface area contributed by atoms with Crippen molar-refractivity contribution >= 4 is 23.1 Å². The molecule has 5 rings (SSSR count). The molecule has 2 aliphatic heterocycles. The Bertz CT molecular complexity index is 1030. The van der Waals surface area contributed by atoms with E-state index in [1.54, 1.807) is 44.6 Å². The van der Waals surface area contributed by atoms with Crippen LogP contribution in [0.4, 0.5) is 10.1 Å². The van der Waals surface area contributed by atoms with E-state index in [1.165, 1.54) is 0 Å². The number of allylic oxidation sites excluding steroid dienone is 1. The second kappa shape index (κ2) is 6.88. The SMILES string of the molecule is COc1ccc(C2=Cc3c(F)cc(N4C[C@@H]5C[C@H]4CN5)cc3CC2=O)cc1OC. The van der Waals surface area contributed by atoms with Gasteiger partial charge in [-0.3, -0.25) is 4.79 Å². The maximum atomic E-state index is 15.1. The molecule has 1 N–H and O–H groups in total. The van der Waals surface area contributed by atoms with Crippen molar-refractivity contribution in [3.05, 3.63) is 52.8 Å². The summed E-state index contributed by atoms with van der Waals surface area (Å²) < 4.78 is 25.7. The number of benzene rings is 2. The van der Waals surface area contributed by atoms with Gasteiger partial charge in [0.2, 0.25) is 0 Å². The lowest BCUT2D eigenvalue weighted by atomic mass is 9.87. The summed E-state index contributed by atoms with van der Waals surface area (Å²) in [6.07, 6.45) is 2.96. The van der Waals surface area contributed by atoms with Crippen molar-refractivity contribution in [2.75, 3.05) is 32.2 Å². The lowest BCUT2D eigenvalue weighted by molar-refractivity contribution is -0.113. The summed E-state index contributed by atoms with van der Waals surface area (Å²) in [6, 6.07) is 9.81. The molecule has 150 valence electrons. The van der Waals surface area contributed by atoms with Crippen LogP contribution in [0.3, 0.4) is 0 Å². The molecule has 2 saturated heterocycles. The van der Waals surface area contributed by atoms with Crippen LogP contribution >= 0.6 is 0 Å². The van der Waals surface area contributed by atoms with Crippen LogP contribution in [0.5, 0.6) is 11.5 Å². The first-order valence-corrected chi connectivity index (χ1v) is 9.87. The standard InChI is InChI=1S/C23H23FN2O3/c1-28-22-4-3-13(7-23(22)29-2)19-10-18-14(6-21(19)27)5-16(9-20(18)24)26-12-15-8-17(26)11-25-15/h3-5,7,9-10,15,17,25H,6,8,11-12H2,1-2H3/t15-,17-/m0/s1. The Morgan fingerprint density at radius 2 is 1.97 bits per heavy atom. The smallest absolute Gasteiger partial charge is 0.167 e. The number of halogens is 1. The first-order chi connectivity index (χ1) is 14.1. The summed E-state index contributed by atoms with van der Waals surface area (Å²) in [5.41, 5.74) is 3.33. The molecule has 29 heavy (non-hydrogen) atoms. The van der Waals surface area contributed by atoms with E-state index in [4.69, 9.17) is 9.47 Å². The Labute approximate surface area is 169 Å². The average Bonchev–Trinajstić information content (AvgIpc) is 3.36. The maximum absolute atomic E-state index is 15.1. The summed E-state index contributed by atoms with van der Waals surface area (Å²) in [5, 5.41) is 3.46. The first-order valence-electron chi connectivity index (χ1n) is 9.87. The van der Waals surface area contributed by atoms with Crippen molar-refractivity contribution in [1.82, 2.24) is 5.32 Å². The van der Waals surface area contributed by atoms with Gasteiger partial charge in [0.05, 0.1) is 14.2 Å². The maximum Gasteiger partial charge on any atom is 0.167 e. The number of ether oxygens (including phenoxy) is 2. The number of Topliss-reactive ketones (excluding diaryl/α,β-unsaturated/α-hetero) is 1. The van der Waals surface area contributed by atoms with Crippen LogP contribution in [0.2, 0.25) is 0 Å². The minimum Gasteiger partial charge on any atom is -0.493 e. The quantitative estimate of drug-likeness (QED) is 0.864. The predicted octanol–water partition coefficient (Wildman–Crippen LogP) is 3.06. The highest BCUT2D eigenvalue weighted by molar-refractivity contribution is 6.27. The predicted molar refractivity (Wildman–Crippen MR) is 110 cm³/mol. The molecular weight excluding hydrogens is 371 g/mol. The van der Waals surface area contributed by atoms with Crippen LogP contribution in [-0.4, -0.2) is 45.2 Å². The lowest BCUT2D eigenvalue weighted by Crippen LogP contribution is -2.43. The topological polar surface area (TPSA) is 50.8 Å². The second-order valence-corrected chi connectivity index (χ2v) is 7.88. The van der Waals surface area contributed by atoms with Gasteiger partial charge in [-0.25, -0.2) is 4.39 Å². The molecule has 3 aliphatic rings. The molecule has 2 aromatic rings. The zero-order valence-corrected chi connectivity index (χ0v) is 16.5. The molecule has 0 amide bonds. The summed E-state index contributed by atoms with van der Waals surface area (Å²) in [7, 11) is 3.11. The number of fused-ring (bicyclic) bond motifs is 3. The largest absolute Gasteiger partial charge is 0.493 e. The minimum atomic E-state index is -0.279. The Balaban J connectivity index is 1.52. The van der Waals surface area contributed by atoms with Gasteiger partial charge in [0.15, 0.2) is 17.3 Å². The van der Waals surface area contributed by atoms with Crippen molar-refractivity contribution in [2.45, 2.75) is 24.9 Å². The van der Waals surface area contributed by atoms with Crippen molar-refractivity contribution in [3.63, 3.8) is 0 Å². The molecule has 2 bridgehead atoms. The zero-order valence-electron chi connectivity index (χ0n) is 16.5. The van der Waals surface area contributed by atoms with Gasteiger partial charge in [-0.15, -0.1) is 0 Å². The van der Waals surface area contributed by atoms with Crippen LogP contribution in [0, 0.1) is 5.82 Å². The van der Waals surface area contributed by atoms with Crippen LogP contribution in [-0.2, 0) is 11.2 Å². The van der Waals surface area contributed by atoms with Crippen molar-refractivity contribution < 1.29 is 18.7 Å². The Morgan fingerprint density at radius 1 is 1.14 bits per heavy atom. The van der Waals surface area contributed by atoms with Gasteiger partial charge >= 0.3 is 0 Å². The molecule has 0 unspecified atom stereocenters. The molecule has 0 aromatic heterocycles. The molecule has 1 aliphatic carbocycles. The molecular formula is C23H23FN2O3. The van der Waals surface area contributed by atoms with Crippen LogP contribution in [0.25, 0.3) is 11.6 Å². The number of rotatable bonds is 4. The highest BCUT2D eigenvalue weighted by Gasteiger charge is 2.38. The monoisotopic (exact) mass is 394 g/mol. The van der Waals surface area contributed by atoms with E-state index in [2.05, 4.69) is 10.2 Å². The van der Waals surface area contributed by atoms with Crippen LogP contribution < -0.4 is 19.7 Å². The molecule has 2 heterocycles. The zero-order chi connectivity index (χ0) is 20.1. The number of ketones is 1. The number of hydrogen-bond acceptors (Lipinski definition) is 5. The number of carbonyl (C=O) groups is 1. The molecule has 2 aromatic carbocycles. The van der Waals surface area contributed by atoms with Crippen molar-refractivity contribution in [2.24, 2.45) is 0 Å². The van der Waals surface area contributed by atoms with Crippen molar-refractivity contribution in [1.29, 1.82) is 0 Å². The number of piperazine rings is 1. The Kier molecular flexibility index (Phi) is 4.32. The van der Waals surface area contributed by atoms with E-state index < -0.39 is 0 Å². The fraction of sp³-hybridized carbons (Fsp3) is 0.348. The number of nitrogens with one attached hydrogen (secondary N) is 1. The number of carbonyl (C=O) groups excluding carboxylic acids is 1.